The molecule has 242 valence electrons. The van der Waals surface area contributed by atoms with Crippen molar-refractivity contribution in [2.24, 2.45) is 29.2 Å². The molecule has 2 aromatic rings. The average Bonchev–Trinajstić information content (AvgIpc) is 3.05. The van der Waals surface area contributed by atoms with Crippen molar-refractivity contribution in [1.82, 2.24) is 20.4 Å². The topological polar surface area (TPSA) is 181 Å². The third kappa shape index (κ3) is 9.54. The highest BCUT2D eigenvalue weighted by molar-refractivity contribution is 6.02. The number of nitrogens with two attached hydrogens (primary N) is 2. The minimum Gasteiger partial charge on any atom is -0.384 e. The van der Waals surface area contributed by atoms with Gasteiger partial charge in [-0.05, 0) is 55.1 Å². The van der Waals surface area contributed by atoms with Gasteiger partial charge in [0, 0.05) is 38.8 Å². The predicted octanol–water partition coefficient (Wildman–Crippen LogP) is 2.57. The molecule has 11 nitrogen and oxygen atoms in total. The molecule has 0 spiro atoms. The Morgan fingerprint density at radius 1 is 0.889 bits per heavy atom. The van der Waals surface area contributed by atoms with Crippen molar-refractivity contribution in [3.05, 3.63) is 71.3 Å². The van der Waals surface area contributed by atoms with E-state index in [0.717, 1.165) is 56.1 Å². The molecule has 2 fully saturated rings. The molecular formula is C34H48N8O3. The summed E-state index contributed by atoms with van der Waals surface area (Å²) in [4.78, 5) is 45.0. The van der Waals surface area contributed by atoms with E-state index in [4.69, 9.17) is 22.3 Å². The van der Waals surface area contributed by atoms with Gasteiger partial charge in [-0.15, -0.1) is 0 Å². The molecule has 45 heavy (non-hydrogen) atoms. The number of nitrogens with zero attached hydrogens (tertiary/aromatic N) is 2. The van der Waals surface area contributed by atoms with Crippen molar-refractivity contribution in [3.8, 4) is 0 Å². The summed E-state index contributed by atoms with van der Waals surface area (Å²) < 4.78 is 0. The van der Waals surface area contributed by atoms with Gasteiger partial charge in [0.2, 0.25) is 17.7 Å². The first-order chi connectivity index (χ1) is 21.6. The van der Waals surface area contributed by atoms with Crippen molar-refractivity contribution in [3.63, 3.8) is 0 Å². The molecule has 11 heteroatoms. The molecule has 0 aromatic heterocycles. The zero-order valence-corrected chi connectivity index (χ0v) is 26.3. The lowest BCUT2D eigenvalue weighted by Gasteiger charge is -2.34. The number of carbonyl (C=O) groups excluding carboxylic acids is 3. The van der Waals surface area contributed by atoms with Crippen molar-refractivity contribution in [2.75, 3.05) is 26.7 Å². The summed E-state index contributed by atoms with van der Waals surface area (Å²) in [6, 6.07) is 15.9. The standard InChI is InChI=1S/C34H48N8O3/c1-41(22-25-8-4-2-5-9-25)33(45)28(20-23-12-14-27(15-13-23)30(35)36)31(43)40-29(26-10-6-3-7-11-26)32(44)39-21-24-16-18-42(19-17-24)34(37)38/h2,4-5,8-9,12-15,24,26,28-29H,3,6-7,10-11,16-22H2,1H3,(H3,35,36)(H3,37,38)(H,39,44)(H,40,43)/t28-,29-/m0/s1. The number of amides is 3. The number of nitrogen functional groups attached to an aromatic ring is 1. The molecule has 1 aliphatic carbocycles. The average molecular weight is 617 g/mol. The smallest absolute Gasteiger partial charge is 0.242 e. The molecule has 1 heterocycles. The quantitative estimate of drug-likeness (QED) is 0.121. The van der Waals surface area contributed by atoms with Crippen LogP contribution in [-0.4, -0.2) is 72.0 Å². The maximum atomic E-state index is 14.1. The number of hydrogen-bond donors (Lipinski definition) is 6. The van der Waals surface area contributed by atoms with Crippen LogP contribution in [0.2, 0.25) is 0 Å². The molecule has 0 radical (unpaired) electrons. The summed E-state index contributed by atoms with van der Waals surface area (Å²) in [6.07, 6.45) is 6.59. The van der Waals surface area contributed by atoms with E-state index in [0.29, 0.717) is 31.7 Å². The monoisotopic (exact) mass is 616 g/mol. The van der Waals surface area contributed by atoms with Crippen molar-refractivity contribution in [1.29, 1.82) is 10.8 Å². The zero-order valence-electron chi connectivity index (χ0n) is 26.3. The fourth-order valence-electron chi connectivity index (χ4n) is 6.40. The molecule has 2 atom stereocenters. The molecule has 2 aromatic carbocycles. The molecule has 3 amide bonds. The maximum absolute atomic E-state index is 14.1. The summed E-state index contributed by atoms with van der Waals surface area (Å²) in [6.45, 7) is 2.22. The predicted molar refractivity (Wildman–Crippen MR) is 175 cm³/mol. The van der Waals surface area contributed by atoms with Crippen LogP contribution in [0.3, 0.4) is 0 Å². The lowest BCUT2D eigenvalue weighted by Crippen LogP contribution is -2.55. The van der Waals surface area contributed by atoms with Gasteiger partial charge in [-0.2, -0.15) is 0 Å². The Morgan fingerprint density at radius 3 is 2.13 bits per heavy atom. The Labute approximate surface area is 266 Å². The van der Waals surface area contributed by atoms with Crippen molar-refractivity contribution >= 4 is 29.5 Å². The van der Waals surface area contributed by atoms with Gasteiger partial charge in [-0.3, -0.25) is 25.2 Å². The van der Waals surface area contributed by atoms with Gasteiger partial charge >= 0.3 is 0 Å². The summed E-state index contributed by atoms with van der Waals surface area (Å²) in [5.41, 5.74) is 13.5. The molecular weight excluding hydrogens is 568 g/mol. The van der Waals surface area contributed by atoms with Gasteiger partial charge < -0.3 is 31.9 Å². The summed E-state index contributed by atoms with van der Waals surface area (Å²) in [5.74, 6) is -1.76. The SMILES string of the molecule is CN(Cc1ccccc1)C(=O)[C@@H](Cc1ccc(C(=N)N)cc1)C(=O)N[C@H](C(=O)NCC1CCN(C(=N)N)CC1)C1CCCCC1. The molecule has 0 bridgehead atoms. The van der Waals surface area contributed by atoms with Crippen LogP contribution >= 0.6 is 0 Å². The Hall–Kier alpha value is -4.41. The van der Waals surface area contributed by atoms with Crippen molar-refractivity contribution < 1.29 is 14.4 Å². The van der Waals surface area contributed by atoms with E-state index in [1.54, 1.807) is 36.2 Å². The summed E-state index contributed by atoms with van der Waals surface area (Å²) >= 11 is 0. The first kappa shape index (κ1) is 33.5. The number of rotatable bonds is 12. The number of nitrogens with one attached hydrogen (secondary N) is 4. The van der Waals surface area contributed by atoms with Crippen LogP contribution < -0.4 is 22.1 Å². The molecule has 0 unspecified atom stereocenters. The second-order valence-corrected chi connectivity index (χ2v) is 12.5. The fourth-order valence-corrected chi connectivity index (χ4v) is 6.40. The third-order valence-electron chi connectivity index (χ3n) is 9.18. The van der Waals surface area contributed by atoms with Crippen LogP contribution in [0.25, 0.3) is 0 Å². The van der Waals surface area contributed by atoms with E-state index in [1.807, 2.05) is 35.2 Å². The van der Waals surface area contributed by atoms with Gasteiger partial charge in [-0.25, -0.2) is 0 Å². The van der Waals surface area contributed by atoms with Crippen LogP contribution in [0.15, 0.2) is 54.6 Å². The highest BCUT2D eigenvalue weighted by atomic mass is 16.2. The molecule has 1 aliphatic heterocycles. The van der Waals surface area contributed by atoms with Gasteiger partial charge in [0.25, 0.3) is 0 Å². The second-order valence-electron chi connectivity index (χ2n) is 12.5. The van der Waals surface area contributed by atoms with Gasteiger partial charge in [0.15, 0.2) is 5.96 Å². The van der Waals surface area contributed by atoms with Gasteiger partial charge in [0.05, 0.1) is 0 Å². The lowest BCUT2D eigenvalue weighted by molar-refractivity contribution is -0.143. The van der Waals surface area contributed by atoms with Gasteiger partial charge in [-0.1, -0.05) is 73.9 Å². The number of hydrogen-bond acceptors (Lipinski definition) is 5. The minimum absolute atomic E-state index is 0.00471. The number of piperidine rings is 1. The van der Waals surface area contributed by atoms with Crippen LogP contribution in [0.4, 0.5) is 0 Å². The van der Waals surface area contributed by atoms with E-state index >= 15 is 0 Å². The normalized spacial score (nSPS) is 17.1. The van der Waals surface area contributed by atoms with Crippen molar-refractivity contribution in [2.45, 2.75) is 64.0 Å². The fraction of sp³-hybridized carbons (Fsp3) is 0.500. The number of guanidine groups is 1. The van der Waals surface area contributed by atoms with E-state index in [9.17, 15) is 14.4 Å². The maximum Gasteiger partial charge on any atom is 0.242 e. The minimum atomic E-state index is -1.04. The molecule has 2 aliphatic rings. The van der Waals surface area contributed by atoms with E-state index in [2.05, 4.69) is 10.6 Å². The van der Waals surface area contributed by atoms with Gasteiger partial charge in [0.1, 0.15) is 17.8 Å². The van der Waals surface area contributed by atoms with E-state index < -0.39 is 17.9 Å². The number of amidine groups is 1. The Kier molecular flexibility index (Phi) is 11.9. The number of likely N-dealkylation sites (tertiary alicyclic amines) is 1. The highest BCUT2D eigenvalue weighted by Gasteiger charge is 2.36. The molecule has 1 saturated carbocycles. The van der Waals surface area contributed by atoms with Crippen LogP contribution in [0.5, 0.6) is 0 Å². The van der Waals surface area contributed by atoms with E-state index in [1.165, 1.54) is 0 Å². The molecule has 1 saturated heterocycles. The Morgan fingerprint density at radius 2 is 1.53 bits per heavy atom. The first-order valence-electron chi connectivity index (χ1n) is 16.0. The summed E-state index contributed by atoms with van der Waals surface area (Å²) in [5, 5.41) is 21.5. The lowest BCUT2D eigenvalue weighted by atomic mass is 9.83. The van der Waals surface area contributed by atoms with Crippen LogP contribution in [0.1, 0.15) is 61.6 Å². The number of benzene rings is 2. The van der Waals surface area contributed by atoms with E-state index in [-0.39, 0.29) is 41.9 Å². The largest absolute Gasteiger partial charge is 0.384 e. The van der Waals surface area contributed by atoms with Crippen LogP contribution in [-0.2, 0) is 27.3 Å². The third-order valence-corrected chi connectivity index (χ3v) is 9.18. The first-order valence-corrected chi connectivity index (χ1v) is 16.0. The highest BCUT2D eigenvalue weighted by Crippen LogP contribution is 2.27. The second kappa shape index (κ2) is 16.1. The number of carbonyl (C=O) groups is 3. The molecule has 4 rings (SSSR count). The Bertz CT molecular complexity index is 1320. The van der Waals surface area contributed by atoms with Crippen LogP contribution in [0, 0.1) is 28.6 Å². The molecule has 8 N–H and O–H groups in total. The zero-order chi connectivity index (χ0) is 32.3. The summed E-state index contributed by atoms with van der Waals surface area (Å²) in [7, 11) is 1.69. The Balaban J connectivity index is 1.50.